The summed E-state index contributed by atoms with van der Waals surface area (Å²) in [5.74, 6) is 1.47. The molecule has 0 aliphatic heterocycles. The first-order chi connectivity index (χ1) is 10.0. The Morgan fingerprint density at radius 3 is 2.81 bits per heavy atom. The maximum absolute atomic E-state index is 11.5. The van der Waals surface area contributed by atoms with Crippen LogP contribution in [0.1, 0.15) is 11.5 Å². The van der Waals surface area contributed by atoms with Gasteiger partial charge in [-0.25, -0.2) is 5.43 Å². The summed E-state index contributed by atoms with van der Waals surface area (Å²) in [6, 6.07) is 8.49. The van der Waals surface area contributed by atoms with Gasteiger partial charge in [0.1, 0.15) is 17.3 Å². The number of hydrogen-bond donors (Lipinski definition) is 1. The Labute approximate surface area is 135 Å². The average Bonchev–Trinajstić information content (AvgIpc) is 2.77. The third kappa shape index (κ3) is 4.91. The number of rotatable bonds is 5. The summed E-state index contributed by atoms with van der Waals surface area (Å²) in [4.78, 5) is 11.5. The number of halogens is 2. The monoisotopic (exact) mass is 370 g/mol. The second kappa shape index (κ2) is 7.28. The van der Waals surface area contributed by atoms with Crippen molar-refractivity contribution in [3.63, 3.8) is 0 Å². The topological polar surface area (TPSA) is 63.8 Å². The van der Waals surface area contributed by atoms with Gasteiger partial charge in [0.25, 0.3) is 5.91 Å². The summed E-state index contributed by atoms with van der Waals surface area (Å²) in [5, 5.41) is 4.39. The van der Waals surface area contributed by atoms with Crippen molar-refractivity contribution in [3.05, 3.63) is 51.3 Å². The fourth-order valence-corrected chi connectivity index (χ4v) is 1.86. The molecule has 0 fully saturated rings. The van der Waals surface area contributed by atoms with Crippen molar-refractivity contribution in [2.75, 3.05) is 6.61 Å². The van der Waals surface area contributed by atoms with Gasteiger partial charge in [0.2, 0.25) is 0 Å². The lowest BCUT2D eigenvalue weighted by Crippen LogP contribution is -2.24. The molecule has 0 radical (unpaired) electrons. The standard InChI is InChI=1S/C14H12BrClN2O3/c1-9-13(15)6-12(21-9)7-17-18-14(19)8-20-11-4-2-10(16)3-5-11/h2-7H,8H2,1H3,(H,18,19)/b17-7-. The highest BCUT2D eigenvalue weighted by molar-refractivity contribution is 9.10. The van der Waals surface area contributed by atoms with Crippen LogP contribution in [0.15, 0.2) is 44.3 Å². The Bertz CT molecular complexity index is 633. The lowest BCUT2D eigenvalue weighted by Gasteiger charge is -2.04. The van der Waals surface area contributed by atoms with Crippen LogP contribution in [-0.2, 0) is 4.79 Å². The summed E-state index contributed by atoms with van der Waals surface area (Å²) in [5.41, 5.74) is 2.35. The highest BCUT2D eigenvalue weighted by atomic mass is 79.9. The minimum atomic E-state index is -0.372. The molecule has 0 atom stereocenters. The van der Waals surface area contributed by atoms with Crippen molar-refractivity contribution in [3.8, 4) is 5.75 Å². The summed E-state index contributed by atoms with van der Waals surface area (Å²) >= 11 is 9.07. The normalized spacial score (nSPS) is 10.8. The van der Waals surface area contributed by atoms with E-state index in [9.17, 15) is 4.79 Å². The number of ether oxygens (including phenoxy) is 1. The molecule has 1 heterocycles. The van der Waals surface area contributed by atoms with Gasteiger partial charge >= 0.3 is 0 Å². The lowest BCUT2D eigenvalue weighted by atomic mass is 10.3. The average molecular weight is 372 g/mol. The molecule has 2 aromatic rings. The zero-order valence-corrected chi connectivity index (χ0v) is 13.4. The van der Waals surface area contributed by atoms with Gasteiger partial charge in [0, 0.05) is 11.1 Å². The summed E-state index contributed by atoms with van der Waals surface area (Å²) in [6.45, 7) is 1.68. The largest absolute Gasteiger partial charge is 0.484 e. The van der Waals surface area contributed by atoms with Gasteiger partial charge in [0.05, 0.1) is 10.7 Å². The van der Waals surface area contributed by atoms with Gasteiger partial charge in [0.15, 0.2) is 6.61 Å². The number of furan rings is 1. The van der Waals surface area contributed by atoms with Crippen molar-refractivity contribution in [2.24, 2.45) is 5.10 Å². The molecular formula is C14H12BrClN2O3. The van der Waals surface area contributed by atoms with Gasteiger partial charge in [-0.05, 0) is 47.1 Å². The van der Waals surface area contributed by atoms with Crippen LogP contribution in [0, 0.1) is 6.92 Å². The Kier molecular flexibility index (Phi) is 5.41. The van der Waals surface area contributed by atoms with E-state index in [1.807, 2.05) is 6.92 Å². The molecule has 1 N–H and O–H groups in total. The van der Waals surface area contributed by atoms with Crippen LogP contribution < -0.4 is 10.2 Å². The van der Waals surface area contributed by atoms with E-state index < -0.39 is 0 Å². The maximum Gasteiger partial charge on any atom is 0.277 e. The molecule has 0 spiro atoms. The summed E-state index contributed by atoms with van der Waals surface area (Å²) in [7, 11) is 0. The van der Waals surface area contributed by atoms with E-state index in [0.29, 0.717) is 16.5 Å². The van der Waals surface area contributed by atoms with Crippen LogP contribution in [-0.4, -0.2) is 18.7 Å². The van der Waals surface area contributed by atoms with Gasteiger partial charge in [-0.3, -0.25) is 4.79 Å². The maximum atomic E-state index is 11.5. The first-order valence-corrected chi connectivity index (χ1v) is 7.18. The van der Waals surface area contributed by atoms with Crippen LogP contribution >= 0.6 is 27.5 Å². The molecule has 0 saturated heterocycles. The molecule has 0 aliphatic rings. The Morgan fingerprint density at radius 1 is 1.48 bits per heavy atom. The zero-order chi connectivity index (χ0) is 15.2. The third-order valence-electron chi connectivity index (χ3n) is 2.44. The van der Waals surface area contributed by atoms with Gasteiger partial charge in [-0.1, -0.05) is 11.6 Å². The number of carbonyl (C=O) groups excluding carboxylic acids is 1. The van der Waals surface area contributed by atoms with E-state index in [-0.39, 0.29) is 12.5 Å². The van der Waals surface area contributed by atoms with Crippen LogP contribution in [0.3, 0.4) is 0 Å². The van der Waals surface area contributed by atoms with Crippen molar-refractivity contribution in [1.29, 1.82) is 0 Å². The molecular weight excluding hydrogens is 360 g/mol. The van der Waals surface area contributed by atoms with Gasteiger partial charge in [-0.2, -0.15) is 5.10 Å². The molecule has 110 valence electrons. The number of hydrazone groups is 1. The molecule has 1 amide bonds. The molecule has 7 heteroatoms. The predicted octanol–water partition coefficient (Wildman–Crippen LogP) is 3.53. The minimum Gasteiger partial charge on any atom is -0.484 e. The SMILES string of the molecule is Cc1oc(/C=N\NC(=O)COc2ccc(Cl)cc2)cc1Br. The molecule has 0 saturated carbocycles. The molecule has 0 bridgehead atoms. The van der Waals surface area contributed by atoms with E-state index >= 15 is 0 Å². The first-order valence-electron chi connectivity index (χ1n) is 6.01. The van der Waals surface area contributed by atoms with Crippen molar-refractivity contribution >= 4 is 39.7 Å². The number of amides is 1. The Morgan fingerprint density at radius 2 is 2.19 bits per heavy atom. The number of nitrogens with zero attached hydrogens (tertiary/aromatic N) is 1. The molecule has 5 nitrogen and oxygen atoms in total. The van der Waals surface area contributed by atoms with Crippen molar-refractivity contribution in [2.45, 2.75) is 6.92 Å². The molecule has 0 unspecified atom stereocenters. The van der Waals surface area contributed by atoms with Crippen molar-refractivity contribution in [1.82, 2.24) is 5.43 Å². The number of nitrogens with one attached hydrogen (secondary N) is 1. The Hall–Kier alpha value is -1.79. The minimum absolute atomic E-state index is 0.139. The number of benzene rings is 1. The van der Waals surface area contributed by atoms with E-state index in [1.54, 1.807) is 30.3 Å². The molecule has 2 rings (SSSR count). The lowest BCUT2D eigenvalue weighted by molar-refractivity contribution is -0.123. The fraction of sp³-hybridized carbons (Fsp3) is 0.143. The van der Waals surface area contributed by atoms with Crippen molar-refractivity contribution < 1.29 is 13.9 Å². The fourth-order valence-electron chi connectivity index (χ4n) is 1.43. The molecule has 21 heavy (non-hydrogen) atoms. The number of hydrogen-bond acceptors (Lipinski definition) is 4. The van der Waals surface area contributed by atoms with Crippen LogP contribution in [0.5, 0.6) is 5.75 Å². The zero-order valence-electron chi connectivity index (χ0n) is 11.1. The highest BCUT2D eigenvalue weighted by Gasteiger charge is 2.03. The van der Waals surface area contributed by atoms with Crippen LogP contribution in [0.4, 0.5) is 0 Å². The molecule has 1 aromatic heterocycles. The first kappa shape index (κ1) is 15.6. The molecule has 1 aromatic carbocycles. The van der Waals surface area contributed by atoms with Crippen LogP contribution in [0.25, 0.3) is 0 Å². The van der Waals surface area contributed by atoms with E-state index in [4.69, 9.17) is 20.8 Å². The smallest absolute Gasteiger partial charge is 0.277 e. The third-order valence-corrected chi connectivity index (χ3v) is 3.48. The van der Waals surface area contributed by atoms with Crippen LogP contribution in [0.2, 0.25) is 5.02 Å². The predicted molar refractivity (Wildman–Crippen MR) is 83.8 cm³/mol. The van der Waals surface area contributed by atoms with E-state index in [0.717, 1.165) is 10.2 Å². The summed E-state index contributed by atoms with van der Waals surface area (Å²) < 4.78 is 11.5. The van der Waals surface area contributed by atoms with Gasteiger partial charge in [-0.15, -0.1) is 0 Å². The van der Waals surface area contributed by atoms with Gasteiger partial charge < -0.3 is 9.15 Å². The molecule has 0 aliphatic carbocycles. The highest BCUT2D eigenvalue weighted by Crippen LogP contribution is 2.19. The van der Waals surface area contributed by atoms with E-state index in [2.05, 4.69) is 26.5 Å². The number of carbonyl (C=O) groups is 1. The van der Waals surface area contributed by atoms with E-state index in [1.165, 1.54) is 6.21 Å². The second-order valence-electron chi connectivity index (χ2n) is 4.09. The number of aryl methyl sites for hydroxylation is 1. The quantitative estimate of drug-likeness (QED) is 0.646. The Balaban J connectivity index is 1.78. The second-order valence-corrected chi connectivity index (χ2v) is 5.38. The summed E-state index contributed by atoms with van der Waals surface area (Å²) in [6.07, 6.45) is 1.41.